The standard InChI is InChI=1S/C12H14Br2FNO/c1-7-5-9(14)3-4-10(7)12(17)16-11(6-15)8(2)13/h3-5,8,11H,6H2,1-2H3,(H,16,17)/t8-,11?/m1/s1. The summed E-state index contributed by atoms with van der Waals surface area (Å²) in [5, 5.41) is 2.67. The highest BCUT2D eigenvalue weighted by atomic mass is 79.9. The van der Waals surface area contributed by atoms with Gasteiger partial charge in [0.25, 0.3) is 5.91 Å². The lowest BCUT2D eigenvalue weighted by atomic mass is 10.1. The minimum Gasteiger partial charge on any atom is -0.346 e. The molecule has 0 aliphatic carbocycles. The molecule has 1 amide bonds. The van der Waals surface area contributed by atoms with Gasteiger partial charge < -0.3 is 5.32 Å². The van der Waals surface area contributed by atoms with Crippen molar-refractivity contribution in [3.63, 3.8) is 0 Å². The third-order valence-corrected chi connectivity index (χ3v) is 3.60. The van der Waals surface area contributed by atoms with Crippen molar-refractivity contribution >= 4 is 37.8 Å². The minimum atomic E-state index is -0.590. The zero-order valence-electron chi connectivity index (χ0n) is 9.64. The Morgan fingerprint density at radius 2 is 2.18 bits per heavy atom. The van der Waals surface area contributed by atoms with Crippen LogP contribution in [0.5, 0.6) is 0 Å². The number of carbonyl (C=O) groups is 1. The molecule has 2 nitrogen and oxygen atoms in total. The Morgan fingerprint density at radius 3 is 2.65 bits per heavy atom. The van der Waals surface area contributed by atoms with Crippen molar-refractivity contribution in [3.05, 3.63) is 33.8 Å². The molecule has 0 aromatic heterocycles. The van der Waals surface area contributed by atoms with Gasteiger partial charge in [0.05, 0.1) is 6.04 Å². The van der Waals surface area contributed by atoms with Crippen LogP contribution in [0.25, 0.3) is 0 Å². The molecule has 1 N–H and O–H groups in total. The van der Waals surface area contributed by atoms with E-state index in [1.165, 1.54) is 0 Å². The largest absolute Gasteiger partial charge is 0.346 e. The van der Waals surface area contributed by atoms with Gasteiger partial charge in [-0.1, -0.05) is 38.8 Å². The van der Waals surface area contributed by atoms with E-state index in [1.807, 2.05) is 13.0 Å². The fourth-order valence-electron chi connectivity index (χ4n) is 1.40. The van der Waals surface area contributed by atoms with Crippen molar-refractivity contribution in [2.24, 2.45) is 0 Å². The highest BCUT2D eigenvalue weighted by Gasteiger charge is 2.18. The summed E-state index contributed by atoms with van der Waals surface area (Å²) in [4.78, 5) is 11.8. The lowest BCUT2D eigenvalue weighted by Crippen LogP contribution is -2.41. The zero-order chi connectivity index (χ0) is 13.0. The van der Waals surface area contributed by atoms with Crippen molar-refractivity contribution in [3.8, 4) is 0 Å². The second-order valence-corrected chi connectivity index (χ2v) is 6.23. The van der Waals surface area contributed by atoms with Crippen LogP contribution in [-0.2, 0) is 0 Å². The molecule has 94 valence electrons. The lowest BCUT2D eigenvalue weighted by molar-refractivity contribution is 0.0930. The third kappa shape index (κ3) is 4.07. The number of benzene rings is 1. The van der Waals surface area contributed by atoms with Crippen LogP contribution < -0.4 is 5.32 Å². The Hall–Kier alpha value is -0.420. The summed E-state index contributed by atoms with van der Waals surface area (Å²) in [5.74, 6) is -0.246. The number of aryl methyl sites for hydroxylation is 1. The number of amides is 1. The molecular weight excluding hydrogens is 353 g/mol. The van der Waals surface area contributed by atoms with E-state index < -0.39 is 12.7 Å². The first-order valence-electron chi connectivity index (χ1n) is 5.22. The minimum absolute atomic E-state index is 0.104. The molecule has 1 aromatic rings. The molecule has 1 rings (SSSR count). The molecule has 0 radical (unpaired) electrons. The van der Waals surface area contributed by atoms with Crippen LogP contribution in [0.4, 0.5) is 4.39 Å². The summed E-state index contributed by atoms with van der Waals surface area (Å²) < 4.78 is 13.6. The number of hydrogen-bond donors (Lipinski definition) is 1. The lowest BCUT2D eigenvalue weighted by Gasteiger charge is -2.18. The van der Waals surface area contributed by atoms with Gasteiger partial charge in [-0.2, -0.15) is 0 Å². The molecule has 1 aromatic carbocycles. The summed E-state index contributed by atoms with van der Waals surface area (Å²) in [7, 11) is 0. The van der Waals surface area contributed by atoms with Crippen molar-refractivity contribution in [1.82, 2.24) is 5.32 Å². The number of hydrogen-bond acceptors (Lipinski definition) is 1. The van der Waals surface area contributed by atoms with E-state index in [-0.39, 0.29) is 10.7 Å². The van der Waals surface area contributed by atoms with Gasteiger partial charge in [0.2, 0.25) is 0 Å². The highest BCUT2D eigenvalue weighted by molar-refractivity contribution is 9.10. The molecule has 0 saturated carbocycles. The molecular formula is C12H14Br2FNO. The van der Waals surface area contributed by atoms with E-state index in [0.29, 0.717) is 5.56 Å². The smallest absolute Gasteiger partial charge is 0.251 e. The Kier molecular flexibility index (Phi) is 5.59. The Labute approximate surface area is 117 Å². The first kappa shape index (κ1) is 14.6. The fourth-order valence-corrected chi connectivity index (χ4v) is 2.15. The van der Waals surface area contributed by atoms with Gasteiger partial charge in [-0.05, 0) is 30.7 Å². The van der Waals surface area contributed by atoms with E-state index in [4.69, 9.17) is 0 Å². The van der Waals surface area contributed by atoms with Crippen molar-refractivity contribution in [2.75, 3.05) is 6.67 Å². The average Bonchev–Trinajstić information content (AvgIpc) is 2.24. The van der Waals surface area contributed by atoms with Crippen LogP contribution in [-0.4, -0.2) is 23.5 Å². The molecule has 0 saturated heterocycles. The van der Waals surface area contributed by atoms with Gasteiger partial charge in [0, 0.05) is 14.9 Å². The number of rotatable bonds is 4. The van der Waals surface area contributed by atoms with Crippen LogP contribution >= 0.6 is 31.9 Å². The molecule has 2 atom stereocenters. The molecule has 0 bridgehead atoms. The maximum absolute atomic E-state index is 12.7. The number of carbonyl (C=O) groups excluding carboxylic acids is 1. The van der Waals surface area contributed by atoms with E-state index in [2.05, 4.69) is 37.2 Å². The molecule has 17 heavy (non-hydrogen) atoms. The maximum atomic E-state index is 12.7. The summed E-state index contributed by atoms with van der Waals surface area (Å²) >= 11 is 6.60. The Bertz CT molecular complexity index is 409. The predicted octanol–water partition coefficient (Wildman–Crippen LogP) is 3.61. The first-order valence-corrected chi connectivity index (χ1v) is 6.93. The van der Waals surface area contributed by atoms with Gasteiger partial charge in [0.1, 0.15) is 6.67 Å². The van der Waals surface area contributed by atoms with Gasteiger partial charge in [0.15, 0.2) is 0 Å². The average molecular weight is 367 g/mol. The Balaban J connectivity index is 2.82. The zero-order valence-corrected chi connectivity index (χ0v) is 12.8. The van der Waals surface area contributed by atoms with Gasteiger partial charge in [-0.3, -0.25) is 4.79 Å². The van der Waals surface area contributed by atoms with Crippen LogP contribution in [0, 0.1) is 6.92 Å². The quantitative estimate of drug-likeness (QED) is 0.810. The number of halogens is 3. The molecule has 0 aliphatic rings. The maximum Gasteiger partial charge on any atom is 0.251 e. The summed E-state index contributed by atoms with van der Waals surface area (Å²) in [6.45, 7) is 3.06. The fraction of sp³-hybridized carbons (Fsp3) is 0.417. The van der Waals surface area contributed by atoms with Crippen LogP contribution in [0.3, 0.4) is 0 Å². The second-order valence-electron chi connectivity index (χ2n) is 3.87. The predicted molar refractivity (Wildman–Crippen MR) is 74.5 cm³/mol. The van der Waals surface area contributed by atoms with Crippen molar-refractivity contribution < 1.29 is 9.18 Å². The van der Waals surface area contributed by atoms with Gasteiger partial charge in [-0.15, -0.1) is 0 Å². The first-order chi connectivity index (χ1) is 7.95. The monoisotopic (exact) mass is 365 g/mol. The van der Waals surface area contributed by atoms with Crippen LogP contribution in [0.15, 0.2) is 22.7 Å². The van der Waals surface area contributed by atoms with Crippen molar-refractivity contribution in [2.45, 2.75) is 24.7 Å². The van der Waals surface area contributed by atoms with Crippen LogP contribution in [0.1, 0.15) is 22.8 Å². The van der Waals surface area contributed by atoms with E-state index in [9.17, 15) is 9.18 Å². The van der Waals surface area contributed by atoms with E-state index >= 15 is 0 Å². The summed E-state index contributed by atoms with van der Waals surface area (Å²) in [6, 6.07) is 4.87. The third-order valence-electron chi connectivity index (χ3n) is 2.47. The molecule has 0 fully saturated rings. The molecule has 0 spiro atoms. The summed E-state index contributed by atoms with van der Waals surface area (Å²) in [6.07, 6.45) is 0. The van der Waals surface area contributed by atoms with Crippen molar-refractivity contribution in [1.29, 1.82) is 0 Å². The number of alkyl halides is 2. The van der Waals surface area contributed by atoms with Gasteiger partial charge >= 0.3 is 0 Å². The van der Waals surface area contributed by atoms with Gasteiger partial charge in [-0.25, -0.2) is 4.39 Å². The normalized spacial score (nSPS) is 14.2. The molecule has 5 heteroatoms. The Morgan fingerprint density at radius 1 is 1.53 bits per heavy atom. The van der Waals surface area contributed by atoms with E-state index in [0.717, 1.165) is 10.0 Å². The summed E-state index contributed by atoms with van der Waals surface area (Å²) in [5.41, 5.74) is 1.43. The SMILES string of the molecule is Cc1cc(Br)ccc1C(=O)NC(CF)[C@@H](C)Br. The second kappa shape index (κ2) is 6.50. The van der Waals surface area contributed by atoms with Crippen LogP contribution in [0.2, 0.25) is 0 Å². The molecule has 1 unspecified atom stereocenters. The highest BCUT2D eigenvalue weighted by Crippen LogP contribution is 2.16. The van der Waals surface area contributed by atoms with E-state index in [1.54, 1.807) is 19.1 Å². The number of nitrogens with one attached hydrogen (secondary N) is 1. The molecule has 0 heterocycles. The molecule has 0 aliphatic heterocycles. The topological polar surface area (TPSA) is 29.1 Å².